The van der Waals surface area contributed by atoms with Crippen molar-refractivity contribution in [2.75, 3.05) is 20.3 Å². The molecule has 0 unspecified atom stereocenters. The fourth-order valence-corrected chi connectivity index (χ4v) is 4.93. The van der Waals surface area contributed by atoms with E-state index in [4.69, 9.17) is 19.3 Å². The topological polar surface area (TPSA) is 65.0 Å². The van der Waals surface area contributed by atoms with E-state index in [1.54, 1.807) is 25.4 Å². The Morgan fingerprint density at radius 3 is 2.56 bits per heavy atom. The van der Waals surface area contributed by atoms with Crippen LogP contribution >= 0.6 is 11.3 Å². The van der Waals surface area contributed by atoms with Crippen LogP contribution in [0.4, 0.5) is 0 Å². The maximum atomic E-state index is 11.1. The van der Waals surface area contributed by atoms with Gasteiger partial charge in [-0.1, -0.05) is 42.3 Å². The number of methoxy groups -OCH3 is 1. The molecule has 1 N–H and O–H groups in total. The van der Waals surface area contributed by atoms with Crippen LogP contribution in [0.25, 0.3) is 21.2 Å². The number of ether oxygens (including phenoxy) is 3. The first kappa shape index (κ1) is 25.3. The number of aliphatic carboxylic acids is 1. The van der Waals surface area contributed by atoms with E-state index in [9.17, 15) is 4.79 Å². The average Bonchev–Trinajstić information content (AvgIpc) is 3.31. The number of hydrogen-bond acceptors (Lipinski definition) is 5. The van der Waals surface area contributed by atoms with Gasteiger partial charge in [-0.25, -0.2) is 0 Å². The Bertz CT molecular complexity index is 1380. The van der Waals surface area contributed by atoms with Crippen LogP contribution in [0.15, 0.2) is 72.1 Å². The minimum Gasteiger partial charge on any atom is -0.491 e. The first-order valence-corrected chi connectivity index (χ1v) is 12.5. The number of fused-ring (bicyclic) bond motifs is 1. The molecule has 5 nitrogen and oxygen atoms in total. The molecule has 0 bridgehead atoms. The van der Waals surface area contributed by atoms with Gasteiger partial charge >= 0.3 is 5.97 Å². The zero-order chi connectivity index (χ0) is 25.3. The van der Waals surface area contributed by atoms with Crippen molar-refractivity contribution in [1.82, 2.24) is 0 Å². The number of carboxylic acid groups (broad SMARTS) is 1. The summed E-state index contributed by atoms with van der Waals surface area (Å²) in [5.41, 5.74) is 4.12. The molecule has 1 atom stereocenters. The Labute approximate surface area is 215 Å². The van der Waals surface area contributed by atoms with Gasteiger partial charge in [-0.05, 0) is 53.8 Å². The number of carbonyl (C=O) groups is 1. The highest BCUT2D eigenvalue weighted by molar-refractivity contribution is 7.17. The van der Waals surface area contributed by atoms with E-state index in [2.05, 4.69) is 41.5 Å². The van der Waals surface area contributed by atoms with Gasteiger partial charge in [0, 0.05) is 28.3 Å². The van der Waals surface area contributed by atoms with Gasteiger partial charge in [0.25, 0.3) is 0 Å². The maximum absolute atomic E-state index is 11.1. The van der Waals surface area contributed by atoms with Crippen LogP contribution in [-0.4, -0.2) is 31.4 Å². The van der Waals surface area contributed by atoms with Crippen LogP contribution in [0.5, 0.6) is 11.5 Å². The molecule has 0 saturated carbocycles. The van der Waals surface area contributed by atoms with Crippen molar-refractivity contribution >= 4 is 27.4 Å². The van der Waals surface area contributed by atoms with Gasteiger partial charge in [0.1, 0.15) is 24.7 Å². The quantitative estimate of drug-likeness (QED) is 0.182. The van der Waals surface area contributed by atoms with E-state index in [0.29, 0.717) is 19.8 Å². The lowest BCUT2D eigenvalue weighted by Crippen LogP contribution is -2.05. The number of hydrogen-bond donors (Lipinski definition) is 1. The largest absolute Gasteiger partial charge is 0.491 e. The third kappa shape index (κ3) is 6.25. The number of thiophene rings is 1. The molecule has 0 fully saturated rings. The van der Waals surface area contributed by atoms with Crippen molar-refractivity contribution < 1.29 is 24.1 Å². The molecule has 36 heavy (non-hydrogen) atoms. The molecule has 184 valence electrons. The summed E-state index contributed by atoms with van der Waals surface area (Å²) >= 11 is 1.71. The molecule has 0 aliphatic heterocycles. The zero-order valence-corrected chi connectivity index (χ0v) is 21.1. The number of benzene rings is 3. The highest BCUT2D eigenvalue weighted by Gasteiger charge is 2.14. The Balaban J connectivity index is 1.50. The second-order valence-electron chi connectivity index (χ2n) is 8.22. The predicted octanol–water partition coefficient (Wildman–Crippen LogP) is 6.75. The SMILES string of the molecule is CC#C[C@@H](CC(=O)O)c1ccc(OCc2ccc3scc(-c4ccccc4OCCOC)c3c2)cc1. The predicted molar refractivity (Wildman–Crippen MR) is 144 cm³/mol. The summed E-state index contributed by atoms with van der Waals surface area (Å²) in [6.45, 7) is 3.17. The third-order valence-corrected chi connectivity index (χ3v) is 6.71. The van der Waals surface area contributed by atoms with Crippen LogP contribution in [0, 0.1) is 11.8 Å². The lowest BCUT2D eigenvalue weighted by molar-refractivity contribution is -0.137. The Morgan fingerprint density at radius 1 is 1.00 bits per heavy atom. The second-order valence-corrected chi connectivity index (χ2v) is 9.13. The Hall–Kier alpha value is -3.79. The first-order chi connectivity index (χ1) is 17.6. The molecular weight excluding hydrogens is 472 g/mol. The number of rotatable bonds is 11. The number of carboxylic acids is 1. The van der Waals surface area contributed by atoms with Crippen molar-refractivity contribution in [3.63, 3.8) is 0 Å². The Morgan fingerprint density at radius 2 is 1.81 bits per heavy atom. The fraction of sp³-hybridized carbons (Fsp3) is 0.233. The average molecular weight is 501 g/mol. The van der Waals surface area contributed by atoms with Crippen LogP contribution < -0.4 is 9.47 Å². The summed E-state index contributed by atoms with van der Waals surface area (Å²) in [5.74, 6) is 6.16. The lowest BCUT2D eigenvalue weighted by Gasteiger charge is -2.12. The van der Waals surface area contributed by atoms with Gasteiger partial charge in [0.05, 0.1) is 18.9 Å². The van der Waals surface area contributed by atoms with Gasteiger partial charge in [0.15, 0.2) is 0 Å². The highest BCUT2D eigenvalue weighted by atomic mass is 32.1. The molecule has 4 aromatic rings. The Kier molecular flexibility index (Phi) is 8.62. The van der Waals surface area contributed by atoms with Crippen molar-refractivity contribution in [3.05, 3.63) is 83.2 Å². The summed E-state index contributed by atoms with van der Waals surface area (Å²) in [6, 6.07) is 21.9. The van der Waals surface area contributed by atoms with Crippen molar-refractivity contribution in [2.24, 2.45) is 0 Å². The van der Waals surface area contributed by atoms with E-state index in [0.717, 1.165) is 39.1 Å². The van der Waals surface area contributed by atoms with Crippen LogP contribution in [0.1, 0.15) is 30.4 Å². The molecule has 0 amide bonds. The van der Waals surface area contributed by atoms with E-state index in [1.807, 2.05) is 42.5 Å². The summed E-state index contributed by atoms with van der Waals surface area (Å²) in [6.07, 6.45) is -0.0232. The summed E-state index contributed by atoms with van der Waals surface area (Å²) in [5, 5.41) is 12.5. The van der Waals surface area contributed by atoms with E-state index in [-0.39, 0.29) is 12.3 Å². The molecule has 1 aromatic heterocycles. The van der Waals surface area contributed by atoms with Crippen molar-refractivity contribution in [1.29, 1.82) is 0 Å². The minimum absolute atomic E-state index is 0.0232. The molecular formula is C30H28O5S. The van der Waals surface area contributed by atoms with Crippen LogP contribution in [-0.2, 0) is 16.1 Å². The standard InChI is InChI=1S/C30H28O5S/c1-3-6-23(18-30(31)32)22-10-12-24(13-11-22)35-19-21-9-14-29-26(17-21)27(20-36-29)25-7-4-5-8-28(25)34-16-15-33-2/h4-5,7-14,17,20,23H,15-16,18-19H2,1-2H3,(H,31,32)/t23-/m0/s1. The molecule has 0 spiro atoms. The van der Waals surface area contributed by atoms with E-state index in [1.165, 1.54) is 4.70 Å². The molecule has 6 heteroatoms. The highest BCUT2D eigenvalue weighted by Crippen LogP contribution is 2.39. The molecule has 1 heterocycles. The molecule has 0 saturated heterocycles. The summed E-state index contributed by atoms with van der Waals surface area (Å²) in [4.78, 5) is 11.1. The summed E-state index contributed by atoms with van der Waals surface area (Å²) < 4.78 is 18.3. The van der Waals surface area contributed by atoms with Crippen molar-refractivity contribution in [3.8, 4) is 34.5 Å². The fourth-order valence-electron chi connectivity index (χ4n) is 3.99. The van der Waals surface area contributed by atoms with Crippen LogP contribution in [0.2, 0.25) is 0 Å². The van der Waals surface area contributed by atoms with Gasteiger partial charge in [-0.2, -0.15) is 0 Å². The monoisotopic (exact) mass is 500 g/mol. The second kappa shape index (κ2) is 12.3. The molecule has 0 aliphatic carbocycles. The number of para-hydroxylation sites is 1. The first-order valence-electron chi connectivity index (χ1n) is 11.7. The lowest BCUT2D eigenvalue weighted by atomic mass is 9.96. The molecule has 3 aromatic carbocycles. The van der Waals surface area contributed by atoms with Gasteiger partial charge < -0.3 is 19.3 Å². The van der Waals surface area contributed by atoms with Crippen molar-refractivity contribution in [2.45, 2.75) is 25.9 Å². The van der Waals surface area contributed by atoms with E-state index >= 15 is 0 Å². The molecule has 4 rings (SSSR count). The minimum atomic E-state index is -0.865. The smallest absolute Gasteiger partial charge is 0.304 e. The van der Waals surface area contributed by atoms with Gasteiger partial charge in [-0.15, -0.1) is 17.3 Å². The molecule has 0 aliphatic rings. The molecule has 0 radical (unpaired) electrons. The summed E-state index contributed by atoms with van der Waals surface area (Å²) in [7, 11) is 1.66. The maximum Gasteiger partial charge on any atom is 0.304 e. The van der Waals surface area contributed by atoms with Gasteiger partial charge in [-0.3, -0.25) is 4.79 Å². The third-order valence-electron chi connectivity index (χ3n) is 5.75. The normalized spacial score (nSPS) is 11.5. The van der Waals surface area contributed by atoms with Gasteiger partial charge in [0.2, 0.25) is 0 Å². The van der Waals surface area contributed by atoms with Crippen LogP contribution in [0.3, 0.4) is 0 Å². The van der Waals surface area contributed by atoms with E-state index < -0.39 is 5.97 Å². The zero-order valence-electron chi connectivity index (χ0n) is 20.3.